The van der Waals surface area contributed by atoms with Crippen molar-refractivity contribution in [3.63, 3.8) is 0 Å². The van der Waals surface area contributed by atoms with E-state index in [9.17, 15) is 18.8 Å². The Kier molecular flexibility index (Phi) is 5.26. The molecule has 1 aliphatic heterocycles. The average Bonchev–Trinajstić information content (AvgIpc) is 2.93. The van der Waals surface area contributed by atoms with Gasteiger partial charge >= 0.3 is 11.8 Å². The highest BCUT2D eigenvalue weighted by molar-refractivity contribution is 6.39. The van der Waals surface area contributed by atoms with Crippen LogP contribution >= 0.6 is 0 Å². The number of carbonyl (C=O) groups excluding carboxylic acids is 3. The van der Waals surface area contributed by atoms with Crippen molar-refractivity contribution in [2.75, 3.05) is 25.0 Å². The summed E-state index contributed by atoms with van der Waals surface area (Å²) in [4.78, 5) is 37.2. The number of hydrogen-bond acceptors (Lipinski definition) is 4. The average molecular weight is 359 g/mol. The molecule has 0 unspecified atom stereocenters. The fourth-order valence-electron chi connectivity index (χ4n) is 2.61. The largest absolute Gasteiger partial charge is 0.354 e. The monoisotopic (exact) mass is 359 g/mol. The minimum absolute atomic E-state index is 0.141. The van der Waals surface area contributed by atoms with Gasteiger partial charge in [-0.3, -0.25) is 14.4 Å². The lowest BCUT2D eigenvalue weighted by Crippen LogP contribution is -2.41. The molecule has 0 atom stereocenters. The number of hydrogen-bond donors (Lipinski definition) is 2. The van der Waals surface area contributed by atoms with Gasteiger partial charge in [0.05, 0.1) is 12.7 Å². The van der Waals surface area contributed by atoms with Crippen molar-refractivity contribution in [1.29, 1.82) is 0 Å². The smallest absolute Gasteiger partial charge is 0.315 e. The predicted octanol–water partition coefficient (Wildman–Crippen LogP) is 0.357. The zero-order chi connectivity index (χ0) is 18.5. The number of anilines is 1. The fraction of sp³-hybridized carbons (Fsp3) is 0.294. The Labute approximate surface area is 149 Å². The van der Waals surface area contributed by atoms with E-state index in [0.29, 0.717) is 18.9 Å². The van der Waals surface area contributed by atoms with E-state index in [0.717, 1.165) is 5.56 Å². The summed E-state index contributed by atoms with van der Waals surface area (Å²) in [7, 11) is 0. The van der Waals surface area contributed by atoms with Gasteiger partial charge in [-0.1, -0.05) is 12.1 Å². The van der Waals surface area contributed by atoms with E-state index in [2.05, 4.69) is 15.7 Å². The van der Waals surface area contributed by atoms with E-state index >= 15 is 0 Å². The van der Waals surface area contributed by atoms with Gasteiger partial charge in [-0.25, -0.2) is 9.07 Å². The third-order valence-corrected chi connectivity index (χ3v) is 4.00. The number of halogens is 1. The summed E-state index contributed by atoms with van der Waals surface area (Å²) in [5.41, 5.74) is 0.800. The zero-order valence-corrected chi connectivity index (χ0v) is 13.9. The van der Waals surface area contributed by atoms with Crippen molar-refractivity contribution in [1.82, 2.24) is 20.0 Å². The first kappa shape index (κ1) is 17.6. The molecule has 9 heteroatoms. The molecule has 0 spiro atoms. The lowest BCUT2D eigenvalue weighted by Gasteiger charge is -2.18. The zero-order valence-electron chi connectivity index (χ0n) is 13.9. The first-order valence-corrected chi connectivity index (χ1v) is 8.16. The standard InChI is InChI=1S/C17H18FN5O3/c18-13-3-1-12(2-4-13)11-23-14(5-7-20-23)21-16(25)17(26)22-9-6-15(24)19-8-10-22/h1-5,7H,6,8-11H2,(H,19,24)(H,21,25). The number of carbonyl (C=O) groups is 3. The van der Waals surface area contributed by atoms with Gasteiger partial charge in [0.25, 0.3) is 0 Å². The van der Waals surface area contributed by atoms with E-state index in [-0.39, 0.29) is 31.2 Å². The maximum absolute atomic E-state index is 13.0. The second-order valence-electron chi connectivity index (χ2n) is 5.85. The van der Waals surface area contributed by atoms with Crippen LogP contribution in [-0.2, 0) is 20.9 Å². The molecule has 2 N–H and O–H groups in total. The maximum Gasteiger partial charge on any atom is 0.315 e. The minimum Gasteiger partial charge on any atom is -0.354 e. The molecular formula is C17H18FN5O3. The van der Waals surface area contributed by atoms with Crippen molar-refractivity contribution in [3.05, 3.63) is 47.9 Å². The van der Waals surface area contributed by atoms with E-state index < -0.39 is 11.8 Å². The van der Waals surface area contributed by atoms with Gasteiger partial charge in [-0.2, -0.15) is 5.10 Å². The van der Waals surface area contributed by atoms with Crippen LogP contribution in [0, 0.1) is 5.82 Å². The molecule has 2 aromatic rings. The molecular weight excluding hydrogens is 341 g/mol. The molecule has 8 nitrogen and oxygen atoms in total. The highest BCUT2D eigenvalue weighted by Gasteiger charge is 2.25. The fourth-order valence-corrected chi connectivity index (χ4v) is 2.61. The van der Waals surface area contributed by atoms with Crippen LogP contribution in [0.1, 0.15) is 12.0 Å². The number of rotatable bonds is 3. The van der Waals surface area contributed by atoms with Crippen LogP contribution < -0.4 is 10.6 Å². The van der Waals surface area contributed by atoms with E-state index in [1.165, 1.54) is 27.9 Å². The molecule has 1 aliphatic rings. The number of nitrogens with one attached hydrogen (secondary N) is 2. The molecule has 2 heterocycles. The van der Waals surface area contributed by atoms with Crippen LogP contribution in [-0.4, -0.2) is 52.0 Å². The normalized spacial score (nSPS) is 14.5. The number of nitrogens with zero attached hydrogens (tertiary/aromatic N) is 3. The second-order valence-corrected chi connectivity index (χ2v) is 5.85. The van der Waals surface area contributed by atoms with Crippen LogP contribution in [0.4, 0.5) is 10.2 Å². The third-order valence-electron chi connectivity index (χ3n) is 4.00. The maximum atomic E-state index is 13.0. The first-order chi connectivity index (χ1) is 12.5. The summed E-state index contributed by atoms with van der Waals surface area (Å²) in [6, 6.07) is 7.50. The van der Waals surface area contributed by atoms with Crippen LogP contribution in [0.15, 0.2) is 36.5 Å². The summed E-state index contributed by atoms with van der Waals surface area (Å²) < 4.78 is 14.5. The Balaban J connectivity index is 1.64. The van der Waals surface area contributed by atoms with Gasteiger partial charge in [-0.15, -0.1) is 0 Å². The summed E-state index contributed by atoms with van der Waals surface area (Å²) in [6.45, 7) is 1.12. The molecule has 1 aromatic heterocycles. The third kappa shape index (κ3) is 4.24. The Bertz CT molecular complexity index is 818. The lowest BCUT2D eigenvalue weighted by molar-refractivity contribution is -0.143. The molecule has 3 rings (SSSR count). The van der Waals surface area contributed by atoms with Crippen molar-refractivity contribution in [3.8, 4) is 0 Å². The summed E-state index contributed by atoms with van der Waals surface area (Å²) in [6.07, 6.45) is 1.67. The molecule has 0 saturated carbocycles. The topological polar surface area (TPSA) is 96.3 Å². The van der Waals surface area contributed by atoms with Crippen molar-refractivity contribution < 1.29 is 18.8 Å². The van der Waals surface area contributed by atoms with E-state index in [1.807, 2.05) is 0 Å². The highest BCUT2D eigenvalue weighted by atomic mass is 19.1. The Morgan fingerprint density at radius 1 is 1.19 bits per heavy atom. The van der Waals surface area contributed by atoms with Crippen molar-refractivity contribution in [2.24, 2.45) is 0 Å². The SMILES string of the molecule is O=C1CCN(C(=O)C(=O)Nc2ccnn2Cc2ccc(F)cc2)CCN1. The Morgan fingerprint density at radius 2 is 1.96 bits per heavy atom. The predicted molar refractivity (Wildman–Crippen MR) is 90.6 cm³/mol. The number of amides is 3. The molecule has 1 fully saturated rings. The molecule has 3 amide bonds. The number of benzene rings is 1. The molecule has 136 valence electrons. The molecule has 0 bridgehead atoms. The molecule has 26 heavy (non-hydrogen) atoms. The molecule has 1 saturated heterocycles. The van der Waals surface area contributed by atoms with Gasteiger partial charge in [0.1, 0.15) is 11.6 Å². The molecule has 0 radical (unpaired) electrons. The van der Waals surface area contributed by atoms with E-state index in [4.69, 9.17) is 0 Å². The first-order valence-electron chi connectivity index (χ1n) is 8.16. The number of aromatic nitrogens is 2. The van der Waals surface area contributed by atoms with Crippen LogP contribution in [0.25, 0.3) is 0 Å². The second kappa shape index (κ2) is 7.77. The summed E-state index contributed by atoms with van der Waals surface area (Å²) in [5.74, 6) is -1.61. The van der Waals surface area contributed by atoms with E-state index in [1.54, 1.807) is 18.2 Å². The van der Waals surface area contributed by atoms with Crippen molar-refractivity contribution >= 4 is 23.5 Å². The van der Waals surface area contributed by atoms with Gasteiger partial charge in [0.2, 0.25) is 5.91 Å². The van der Waals surface area contributed by atoms with Crippen LogP contribution in [0.3, 0.4) is 0 Å². The van der Waals surface area contributed by atoms with Gasteiger partial charge in [-0.05, 0) is 17.7 Å². The Hall–Kier alpha value is -3.23. The summed E-state index contributed by atoms with van der Waals surface area (Å²) >= 11 is 0. The highest BCUT2D eigenvalue weighted by Crippen LogP contribution is 2.11. The van der Waals surface area contributed by atoms with Gasteiger partial charge in [0.15, 0.2) is 0 Å². The molecule has 1 aromatic carbocycles. The molecule has 0 aliphatic carbocycles. The van der Waals surface area contributed by atoms with Crippen molar-refractivity contribution in [2.45, 2.75) is 13.0 Å². The summed E-state index contributed by atoms with van der Waals surface area (Å²) in [5, 5.41) is 9.30. The quantitative estimate of drug-likeness (QED) is 0.774. The van der Waals surface area contributed by atoms with Gasteiger partial charge in [0, 0.05) is 32.1 Å². The van der Waals surface area contributed by atoms with Gasteiger partial charge < -0.3 is 15.5 Å². The Morgan fingerprint density at radius 3 is 2.73 bits per heavy atom. The van der Waals surface area contributed by atoms with Crippen LogP contribution in [0.5, 0.6) is 0 Å². The lowest BCUT2D eigenvalue weighted by atomic mass is 10.2. The minimum atomic E-state index is -0.791. The van der Waals surface area contributed by atoms with Crippen LogP contribution in [0.2, 0.25) is 0 Å².